The number of thiol groups is 1. The van der Waals surface area contributed by atoms with Crippen LogP contribution in [-0.4, -0.2) is 64.6 Å². The smallest absolute Gasteiger partial charge is 0.240 e. The topological polar surface area (TPSA) is 79.5 Å². The minimum atomic E-state index is -0.606. The van der Waals surface area contributed by atoms with E-state index in [1.807, 2.05) is 35.2 Å². The second kappa shape index (κ2) is 8.96. The quantitative estimate of drug-likeness (QED) is 0.708. The number of nitrogens with two attached hydrogens (primary N) is 1. The molecule has 1 aromatic heterocycles. The highest BCUT2D eigenvalue weighted by Gasteiger charge is 2.35. The molecular formula is C22H25ClN4O2S. The van der Waals surface area contributed by atoms with Gasteiger partial charge in [-0.25, -0.2) is 0 Å². The molecule has 30 heavy (non-hydrogen) atoms. The summed E-state index contributed by atoms with van der Waals surface area (Å²) in [7, 11) is 0. The summed E-state index contributed by atoms with van der Waals surface area (Å²) >= 11 is 10.3. The standard InChI is InChI=1S/C22H25ClN4O2S/c23-16-5-6-17-15(12-16)4-3-14-2-1-7-25-20(14)19(17)22(29)27-10-8-26(9-11-27)21(28)18(24)13-30/h1-2,5-7,12,18-19,30H,3-4,8-11,13,24H2/t18-,19?/m0/s1. The first-order valence-electron chi connectivity index (χ1n) is 10.2. The van der Waals surface area contributed by atoms with E-state index in [1.54, 1.807) is 11.1 Å². The van der Waals surface area contributed by atoms with Crippen LogP contribution >= 0.6 is 24.2 Å². The van der Waals surface area contributed by atoms with Gasteiger partial charge >= 0.3 is 0 Å². The van der Waals surface area contributed by atoms with E-state index in [2.05, 4.69) is 17.6 Å². The minimum absolute atomic E-state index is 0.0195. The number of halogens is 1. The van der Waals surface area contributed by atoms with E-state index >= 15 is 0 Å². The van der Waals surface area contributed by atoms with Gasteiger partial charge in [0.25, 0.3) is 0 Å². The lowest BCUT2D eigenvalue weighted by molar-refractivity contribution is -0.140. The summed E-state index contributed by atoms with van der Waals surface area (Å²) in [6, 6.07) is 9.10. The molecule has 1 unspecified atom stereocenters. The van der Waals surface area contributed by atoms with Crippen LogP contribution in [0.25, 0.3) is 0 Å². The van der Waals surface area contributed by atoms with Crippen molar-refractivity contribution in [3.8, 4) is 0 Å². The lowest BCUT2D eigenvalue weighted by Gasteiger charge is -2.37. The van der Waals surface area contributed by atoms with Crippen LogP contribution in [0.1, 0.15) is 28.3 Å². The van der Waals surface area contributed by atoms with Gasteiger partial charge in [0, 0.05) is 43.2 Å². The lowest BCUT2D eigenvalue weighted by atomic mass is 9.90. The first kappa shape index (κ1) is 21.2. The summed E-state index contributed by atoms with van der Waals surface area (Å²) in [5, 5.41) is 0.673. The van der Waals surface area contributed by atoms with Gasteiger partial charge in [-0.05, 0) is 47.7 Å². The van der Waals surface area contributed by atoms with E-state index in [0.29, 0.717) is 37.0 Å². The molecule has 2 aromatic rings. The lowest BCUT2D eigenvalue weighted by Crippen LogP contribution is -2.55. The molecular weight excluding hydrogens is 420 g/mol. The van der Waals surface area contributed by atoms with Gasteiger partial charge in [-0.3, -0.25) is 14.6 Å². The molecule has 2 heterocycles. The number of amides is 2. The minimum Gasteiger partial charge on any atom is -0.338 e. The zero-order valence-corrected chi connectivity index (χ0v) is 18.3. The van der Waals surface area contributed by atoms with Gasteiger partial charge in [0.2, 0.25) is 11.8 Å². The van der Waals surface area contributed by atoms with E-state index in [9.17, 15) is 9.59 Å². The van der Waals surface area contributed by atoms with E-state index in [4.69, 9.17) is 17.3 Å². The Morgan fingerprint density at radius 3 is 2.57 bits per heavy atom. The largest absolute Gasteiger partial charge is 0.338 e. The van der Waals surface area contributed by atoms with E-state index < -0.39 is 12.0 Å². The Balaban J connectivity index is 1.61. The number of pyridine rings is 1. The number of hydrogen-bond donors (Lipinski definition) is 2. The first-order chi connectivity index (χ1) is 14.5. The van der Waals surface area contributed by atoms with Gasteiger partial charge in [0.05, 0.1) is 11.7 Å². The van der Waals surface area contributed by atoms with Gasteiger partial charge in [-0.1, -0.05) is 23.7 Å². The van der Waals surface area contributed by atoms with Crippen molar-refractivity contribution < 1.29 is 9.59 Å². The second-order valence-corrected chi connectivity index (χ2v) is 8.57. The molecule has 2 atom stereocenters. The Bertz CT molecular complexity index is 962. The number of carbonyl (C=O) groups is 2. The van der Waals surface area contributed by atoms with Gasteiger partial charge in [0.1, 0.15) is 5.92 Å². The number of carbonyl (C=O) groups excluding carboxylic acids is 2. The highest BCUT2D eigenvalue weighted by Crippen LogP contribution is 2.35. The number of piperazine rings is 1. The van der Waals surface area contributed by atoms with Crippen molar-refractivity contribution in [2.45, 2.75) is 24.8 Å². The van der Waals surface area contributed by atoms with Crippen LogP contribution in [0.15, 0.2) is 36.5 Å². The van der Waals surface area contributed by atoms with E-state index in [-0.39, 0.29) is 11.8 Å². The van der Waals surface area contributed by atoms with Crippen molar-refractivity contribution in [2.75, 3.05) is 31.9 Å². The van der Waals surface area contributed by atoms with Crippen molar-refractivity contribution in [3.63, 3.8) is 0 Å². The number of fused-ring (bicyclic) bond motifs is 2. The van der Waals surface area contributed by atoms with E-state index in [0.717, 1.165) is 35.2 Å². The Morgan fingerprint density at radius 2 is 1.83 bits per heavy atom. The SMILES string of the molecule is N[C@@H](CS)C(=O)N1CCN(C(=O)C2c3ccc(Cl)cc3CCc3cccnc32)CC1. The number of aromatic nitrogens is 1. The highest BCUT2D eigenvalue weighted by atomic mass is 35.5. The molecule has 2 N–H and O–H groups in total. The van der Waals surface area contributed by atoms with Gasteiger partial charge in [0.15, 0.2) is 0 Å². The third-order valence-corrected chi connectivity index (χ3v) is 6.57. The Hall–Kier alpha value is -2.09. The van der Waals surface area contributed by atoms with Gasteiger partial charge in [-0.15, -0.1) is 0 Å². The summed E-state index contributed by atoms with van der Waals surface area (Å²) in [5.41, 5.74) is 9.80. The Morgan fingerprint density at radius 1 is 1.13 bits per heavy atom. The van der Waals surface area contributed by atoms with Crippen LogP contribution in [0.3, 0.4) is 0 Å². The molecule has 0 bridgehead atoms. The van der Waals surface area contributed by atoms with Crippen LogP contribution in [-0.2, 0) is 22.4 Å². The predicted octanol–water partition coefficient (Wildman–Crippen LogP) is 1.89. The van der Waals surface area contributed by atoms with Crippen molar-refractivity contribution >= 4 is 36.0 Å². The van der Waals surface area contributed by atoms with Crippen molar-refractivity contribution in [1.82, 2.24) is 14.8 Å². The van der Waals surface area contributed by atoms with Gasteiger partial charge < -0.3 is 15.5 Å². The maximum Gasteiger partial charge on any atom is 0.240 e. The molecule has 0 spiro atoms. The van der Waals surface area contributed by atoms with Crippen LogP contribution in [0.4, 0.5) is 0 Å². The maximum atomic E-state index is 13.7. The third-order valence-electron chi connectivity index (χ3n) is 5.94. The van der Waals surface area contributed by atoms with E-state index in [1.165, 1.54) is 0 Å². The Kier molecular flexibility index (Phi) is 6.32. The zero-order chi connectivity index (χ0) is 21.3. The molecule has 2 amide bonds. The first-order valence-corrected chi connectivity index (χ1v) is 11.2. The number of hydrogen-bond acceptors (Lipinski definition) is 5. The fourth-order valence-corrected chi connectivity index (χ4v) is 4.65. The number of benzene rings is 1. The molecule has 1 fully saturated rings. The van der Waals surface area contributed by atoms with Crippen LogP contribution in [0.5, 0.6) is 0 Å². The van der Waals surface area contributed by atoms with Crippen LogP contribution < -0.4 is 5.73 Å². The molecule has 1 saturated heterocycles. The van der Waals surface area contributed by atoms with Gasteiger partial charge in [-0.2, -0.15) is 12.6 Å². The molecule has 0 radical (unpaired) electrons. The molecule has 1 aromatic carbocycles. The highest BCUT2D eigenvalue weighted by molar-refractivity contribution is 7.80. The molecule has 6 nitrogen and oxygen atoms in total. The summed E-state index contributed by atoms with van der Waals surface area (Å²) in [6.45, 7) is 1.90. The average molecular weight is 445 g/mol. The number of aryl methyl sites for hydroxylation is 2. The third kappa shape index (κ3) is 4.06. The van der Waals surface area contributed by atoms with Crippen LogP contribution in [0.2, 0.25) is 5.02 Å². The monoisotopic (exact) mass is 444 g/mol. The fourth-order valence-electron chi connectivity index (χ4n) is 4.30. The molecule has 4 rings (SSSR count). The summed E-state index contributed by atoms with van der Waals surface area (Å²) in [6.07, 6.45) is 3.39. The average Bonchev–Trinajstić information content (AvgIpc) is 2.94. The zero-order valence-electron chi connectivity index (χ0n) is 16.6. The second-order valence-electron chi connectivity index (χ2n) is 7.76. The molecule has 158 valence electrons. The van der Waals surface area contributed by atoms with Crippen molar-refractivity contribution in [1.29, 1.82) is 0 Å². The number of nitrogens with zero attached hydrogens (tertiary/aromatic N) is 3. The summed E-state index contributed by atoms with van der Waals surface area (Å²) in [4.78, 5) is 34.2. The van der Waals surface area contributed by atoms with Crippen LogP contribution in [0, 0.1) is 0 Å². The molecule has 1 aliphatic carbocycles. The van der Waals surface area contributed by atoms with Crippen molar-refractivity contribution in [2.24, 2.45) is 5.73 Å². The molecule has 2 aliphatic rings. The molecule has 8 heteroatoms. The summed E-state index contributed by atoms with van der Waals surface area (Å²) < 4.78 is 0. The number of rotatable bonds is 3. The maximum absolute atomic E-state index is 13.7. The molecule has 1 aliphatic heterocycles. The fraction of sp³-hybridized carbons (Fsp3) is 0.409. The Labute approximate surface area is 186 Å². The predicted molar refractivity (Wildman–Crippen MR) is 120 cm³/mol. The van der Waals surface area contributed by atoms with Crippen molar-refractivity contribution in [3.05, 3.63) is 63.9 Å². The normalized spacial score (nSPS) is 19.5. The summed E-state index contributed by atoms with van der Waals surface area (Å²) in [5.74, 6) is -0.246. The molecule has 0 saturated carbocycles.